The fourth-order valence-corrected chi connectivity index (χ4v) is 1.73. The van der Waals surface area contributed by atoms with Crippen LogP contribution in [0.3, 0.4) is 0 Å². The number of nitrogens with one attached hydrogen (secondary N) is 1. The van der Waals surface area contributed by atoms with Crippen molar-refractivity contribution in [2.24, 2.45) is 5.73 Å². The maximum absolute atomic E-state index is 11.8. The van der Waals surface area contributed by atoms with E-state index >= 15 is 0 Å². The van der Waals surface area contributed by atoms with E-state index in [1.165, 1.54) is 0 Å². The minimum absolute atomic E-state index is 0.0877. The van der Waals surface area contributed by atoms with Crippen LogP contribution in [-0.4, -0.2) is 22.2 Å². The number of hydrogen-bond donors (Lipinski definition) is 2. The largest absolute Gasteiger partial charge is 0.350 e. The Kier molecular flexibility index (Phi) is 4.93. The molecule has 5 nitrogen and oxygen atoms in total. The van der Waals surface area contributed by atoms with E-state index in [1.54, 1.807) is 23.1 Å². The highest BCUT2D eigenvalue weighted by molar-refractivity contribution is 5.75. The van der Waals surface area contributed by atoms with Crippen molar-refractivity contribution >= 4 is 5.91 Å². The van der Waals surface area contributed by atoms with Crippen molar-refractivity contribution in [3.8, 4) is 11.8 Å². The molecule has 0 atom stereocenters. The lowest BCUT2D eigenvalue weighted by atomic mass is 10.1. The Morgan fingerprint density at radius 3 is 2.95 bits per heavy atom. The smallest absolute Gasteiger partial charge is 0.241 e. The highest BCUT2D eigenvalue weighted by Gasteiger charge is 2.04. The van der Waals surface area contributed by atoms with Crippen LogP contribution in [0.2, 0.25) is 0 Å². The first-order chi connectivity index (χ1) is 9.79. The van der Waals surface area contributed by atoms with Gasteiger partial charge >= 0.3 is 0 Å². The minimum atomic E-state index is -0.0877. The summed E-state index contributed by atoms with van der Waals surface area (Å²) in [6, 6.07) is 9.47. The van der Waals surface area contributed by atoms with Crippen LogP contribution in [0.1, 0.15) is 11.1 Å². The van der Waals surface area contributed by atoms with Gasteiger partial charge in [-0.25, -0.2) is 0 Å². The van der Waals surface area contributed by atoms with Gasteiger partial charge in [-0.1, -0.05) is 30.0 Å². The lowest BCUT2D eigenvalue weighted by Gasteiger charge is -2.07. The predicted octanol–water partition coefficient (Wildman–Crippen LogP) is 0.510. The summed E-state index contributed by atoms with van der Waals surface area (Å²) in [6.45, 7) is 0.971. The standard InChI is InChI=1S/C15H16N4O/c16-8-3-7-13-5-1-2-6-14(13)11-17-15(20)12-19-10-4-9-18-19/h1-2,4-6,9-10H,8,11-12,16H2,(H,17,20). The predicted molar refractivity (Wildman–Crippen MR) is 76.4 cm³/mol. The number of nitrogens with two attached hydrogens (primary N) is 1. The first kappa shape index (κ1) is 13.8. The van der Waals surface area contributed by atoms with E-state index in [2.05, 4.69) is 22.3 Å². The number of hydrogen-bond acceptors (Lipinski definition) is 3. The summed E-state index contributed by atoms with van der Waals surface area (Å²) in [5.41, 5.74) is 7.23. The third-order valence-corrected chi connectivity index (χ3v) is 2.68. The van der Waals surface area contributed by atoms with Crippen molar-refractivity contribution in [3.63, 3.8) is 0 Å². The molecule has 1 amide bonds. The van der Waals surface area contributed by atoms with Gasteiger partial charge in [0, 0.05) is 24.5 Å². The van der Waals surface area contributed by atoms with Gasteiger partial charge in [0.15, 0.2) is 0 Å². The van der Waals surface area contributed by atoms with Crippen LogP contribution in [0, 0.1) is 11.8 Å². The Hall–Kier alpha value is -2.58. The molecule has 3 N–H and O–H groups in total. The second-order valence-electron chi connectivity index (χ2n) is 4.14. The van der Waals surface area contributed by atoms with E-state index in [0.29, 0.717) is 13.1 Å². The fourth-order valence-electron chi connectivity index (χ4n) is 1.73. The SMILES string of the molecule is NCC#Cc1ccccc1CNC(=O)Cn1cccn1. The summed E-state index contributed by atoms with van der Waals surface area (Å²) in [5.74, 6) is 5.73. The van der Waals surface area contributed by atoms with Gasteiger partial charge in [-0.05, 0) is 17.7 Å². The maximum Gasteiger partial charge on any atom is 0.241 e. The molecule has 0 radical (unpaired) electrons. The topological polar surface area (TPSA) is 72.9 Å². The van der Waals surface area contributed by atoms with Crippen LogP contribution in [0.4, 0.5) is 0 Å². The van der Waals surface area contributed by atoms with Gasteiger partial charge in [0.2, 0.25) is 5.91 Å². The molecule has 20 heavy (non-hydrogen) atoms. The second-order valence-corrected chi connectivity index (χ2v) is 4.14. The number of carbonyl (C=O) groups is 1. The summed E-state index contributed by atoms with van der Waals surface area (Å²) in [7, 11) is 0. The lowest BCUT2D eigenvalue weighted by Crippen LogP contribution is -2.27. The molecule has 0 aliphatic heterocycles. The van der Waals surface area contributed by atoms with Crippen molar-refractivity contribution in [1.82, 2.24) is 15.1 Å². The molecule has 0 aliphatic rings. The van der Waals surface area contributed by atoms with Crippen LogP contribution >= 0.6 is 0 Å². The molecule has 0 aliphatic carbocycles. The quantitative estimate of drug-likeness (QED) is 0.794. The van der Waals surface area contributed by atoms with Crippen LogP contribution in [0.5, 0.6) is 0 Å². The van der Waals surface area contributed by atoms with E-state index in [1.807, 2.05) is 24.3 Å². The Balaban J connectivity index is 1.95. The van der Waals surface area contributed by atoms with Crippen molar-refractivity contribution in [2.45, 2.75) is 13.1 Å². The molecule has 1 aromatic carbocycles. The number of nitrogens with zero attached hydrogens (tertiary/aromatic N) is 2. The summed E-state index contributed by atoms with van der Waals surface area (Å²) in [6.07, 6.45) is 3.39. The molecule has 0 saturated heterocycles. The van der Waals surface area contributed by atoms with Crippen molar-refractivity contribution < 1.29 is 4.79 Å². The fraction of sp³-hybridized carbons (Fsp3) is 0.200. The number of carbonyl (C=O) groups excluding carboxylic acids is 1. The minimum Gasteiger partial charge on any atom is -0.350 e. The van der Waals surface area contributed by atoms with Crippen molar-refractivity contribution in [3.05, 3.63) is 53.9 Å². The zero-order chi connectivity index (χ0) is 14.2. The number of rotatable bonds is 4. The molecule has 0 unspecified atom stereocenters. The summed E-state index contributed by atoms with van der Waals surface area (Å²) in [5, 5.41) is 6.84. The number of aromatic nitrogens is 2. The van der Waals surface area contributed by atoms with E-state index in [4.69, 9.17) is 5.73 Å². The highest BCUT2D eigenvalue weighted by atomic mass is 16.2. The number of amides is 1. The first-order valence-electron chi connectivity index (χ1n) is 6.30. The summed E-state index contributed by atoms with van der Waals surface area (Å²) < 4.78 is 1.58. The van der Waals surface area contributed by atoms with Gasteiger partial charge in [0.05, 0.1) is 6.54 Å². The van der Waals surface area contributed by atoms with Gasteiger partial charge < -0.3 is 11.1 Å². The molecular formula is C15H16N4O. The Morgan fingerprint density at radius 1 is 1.35 bits per heavy atom. The first-order valence-corrected chi connectivity index (χ1v) is 6.30. The van der Waals surface area contributed by atoms with E-state index in [0.717, 1.165) is 11.1 Å². The van der Waals surface area contributed by atoms with Crippen LogP contribution < -0.4 is 11.1 Å². The molecule has 0 saturated carbocycles. The van der Waals surface area contributed by atoms with Gasteiger partial charge in [-0.15, -0.1) is 0 Å². The van der Waals surface area contributed by atoms with Gasteiger partial charge in [-0.2, -0.15) is 5.10 Å². The molecular weight excluding hydrogens is 252 g/mol. The van der Waals surface area contributed by atoms with Crippen molar-refractivity contribution in [1.29, 1.82) is 0 Å². The van der Waals surface area contributed by atoms with Crippen molar-refractivity contribution in [2.75, 3.05) is 6.54 Å². The van der Waals surface area contributed by atoms with Crippen LogP contribution in [0.15, 0.2) is 42.7 Å². The molecule has 0 bridgehead atoms. The Morgan fingerprint density at radius 2 is 2.20 bits per heavy atom. The van der Waals surface area contributed by atoms with Gasteiger partial charge in [-0.3, -0.25) is 9.48 Å². The van der Waals surface area contributed by atoms with Gasteiger partial charge in [0.25, 0.3) is 0 Å². The van der Waals surface area contributed by atoms with Gasteiger partial charge in [0.1, 0.15) is 6.54 Å². The zero-order valence-corrected chi connectivity index (χ0v) is 11.0. The third-order valence-electron chi connectivity index (χ3n) is 2.68. The molecule has 0 spiro atoms. The highest BCUT2D eigenvalue weighted by Crippen LogP contribution is 2.06. The van der Waals surface area contributed by atoms with Crippen LogP contribution in [0.25, 0.3) is 0 Å². The average molecular weight is 268 g/mol. The zero-order valence-electron chi connectivity index (χ0n) is 11.0. The maximum atomic E-state index is 11.8. The van der Waals surface area contributed by atoms with E-state index in [9.17, 15) is 4.79 Å². The molecule has 1 aromatic heterocycles. The van der Waals surface area contributed by atoms with E-state index in [-0.39, 0.29) is 12.5 Å². The Labute approximate surface area is 117 Å². The molecule has 0 fully saturated rings. The molecule has 102 valence electrons. The normalized spacial score (nSPS) is 9.65. The monoisotopic (exact) mass is 268 g/mol. The molecule has 5 heteroatoms. The Bertz CT molecular complexity index is 623. The molecule has 1 heterocycles. The average Bonchev–Trinajstić information content (AvgIpc) is 2.96. The number of benzene rings is 1. The summed E-state index contributed by atoms with van der Waals surface area (Å²) in [4.78, 5) is 11.8. The van der Waals surface area contributed by atoms with E-state index < -0.39 is 0 Å². The second kappa shape index (κ2) is 7.12. The lowest BCUT2D eigenvalue weighted by molar-refractivity contribution is -0.122. The van der Waals surface area contributed by atoms with Crippen LogP contribution in [-0.2, 0) is 17.9 Å². The molecule has 2 rings (SSSR count). The molecule has 2 aromatic rings. The summed E-state index contributed by atoms with van der Waals surface area (Å²) >= 11 is 0. The third kappa shape index (κ3) is 3.97.